The SMILES string of the molecule is CCOC(=O)[C@@H](CC#Cc1ccccc1)NC(C)=O. The van der Waals surface area contributed by atoms with Crippen LogP contribution in [0.1, 0.15) is 25.8 Å². The molecule has 0 saturated carbocycles. The summed E-state index contributed by atoms with van der Waals surface area (Å²) >= 11 is 0. The van der Waals surface area contributed by atoms with Crippen molar-refractivity contribution in [2.45, 2.75) is 26.3 Å². The predicted molar refractivity (Wildman–Crippen MR) is 72.2 cm³/mol. The number of amides is 1. The first-order valence-electron chi connectivity index (χ1n) is 6.11. The number of rotatable bonds is 4. The lowest BCUT2D eigenvalue weighted by atomic mass is 10.2. The van der Waals surface area contributed by atoms with Gasteiger partial charge in [-0.05, 0) is 19.1 Å². The Balaban J connectivity index is 2.65. The molecule has 1 atom stereocenters. The topological polar surface area (TPSA) is 55.4 Å². The third-order valence-electron chi connectivity index (χ3n) is 2.26. The van der Waals surface area contributed by atoms with Crippen molar-refractivity contribution in [1.82, 2.24) is 5.32 Å². The van der Waals surface area contributed by atoms with Gasteiger partial charge in [0.25, 0.3) is 0 Å². The molecular formula is C15H17NO3. The molecule has 0 radical (unpaired) electrons. The van der Waals surface area contributed by atoms with E-state index in [0.717, 1.165) is 5.56 Å². The van der Waals surface area contributed by atoms with Gasteiger partial charge in [0.05, 0.1) is 6.61 Å². The molecule has 0 spiro atoms. The second-order valence-corrected chi connectivity index (χ2v) is 3.88. The molecule has 1 N–H and O–H groups in total. The van der Waals surface area contributed by atoms with Gasteiger partial charge in [-0.1, -0.05) is 30.0 Å². The van der Waals surface area contributed by atoms with E-state index in [0.29, 0.717) is 0 Å². The van der Waals surface area contributed by atoms with Gasteiger partial charge >= 0.3 is 5.97 Å². The summed E-state index contributed by atoms with van der Waals surface area (Å²) < 4.78 is 4.89. The molecule has 1 aromatic rings. The molecule has 1 aromatic carbocycles. The maximum Gasteiger partial charge on any atom is 0.329 e. The number of hydrogen-bond acceptors (Lipinski definition) is 3. The van der Waals surface area contributed by atoms with Crippen molar-refractivity contribution >= 4 is 11.9 Å². The van der Waals surface area contributed by atoms with Crippen LogP contribution in [0, 0.1) is 11.8 Å². The lowest BCUT2D eigenvalue weighted by Crippen LogP contribution is -2.40. The average molecular weight is 259 g/mol. The smallest absolute Gasteiger partial charge is 0.329 e. The fourth-order valence-corrected chi connectivity index (χ4v) is 1.46. The molecule has 0 heterocycles. The highest BCUT2D eigenvalue weighted by Crippen LogP contribution is 1.98. The summed E-state index contributed by atoms with van der Waals surface area (Å²) in [7, 11) is 0. The van der Waals surface area contributed by atoms with Crippen LogP contribution in [-0.2, 0) is 14.3 Å². The Morgan fingerprint density at radius 2 is 2.00 bits per heavy atom. The maximum atomic E-state index is 11.6. The molecule has 0 aliphatic rings. The summed E-state index contributed by atoms with van der Waals surface area (Å²) in [6.07, 6.45) is 0.229. The van der Waals surface area contributed by atoms with Gasteiger partial charge in [0.15, 0.2) is 0 Å². The minimum atomic E-state index is -0.714. The molecule has 1 rings (SSSR count). The van der Waals surface area contributed by atoms with Gasteiger partial charge < -0.3 is 10.1 Å². The van der Waals surface area contributed by atoms with Crippen molar-refractivity contribution in [1.29, 1.82) is 0 Å². The van der Waals surface area contributed by atoms with E-state index in [-0.39, 0.29) is 18.9 Å². The Kier molecular flexibility index (Phi) is 6.17. The van der Waals surface area contributed by atoms with E-state index in [1.807, 2.05) is 30.3 Å². The van der Waals surface area contributed by atoms with Gasteiger partial charge in [-0.15, -0.1) is 0 Å². The lowest BCUT2D eigenvalue weighted by Gasteiger charge is -2.13. The highest BCUT2D eigenvalue weighted by atomic mass is 16.5. The Hall–Kier alpha value is -2.28. The van der Waals surface area contributed by atoms with Gasteiger partial charge in [-0.25, -0.2) is 4.79 Å². The van der Waals surface area contributed by atoms with Crippen LogP contribution in [0.5, 0.6) is 0 Å². The normalized spacial score (nSPS) is 10.8. The molecule has 19 heavy (non-hydrogen) atoms. The van der Waals surface area contributed by atoms with Crippen LogP contribution < -0.4 is 5.32 Å². The molecular weight excluding hydrogens is 242 g/mol. The Labute approximate surface area is 113 Å². The van der Waals surface area contributed by atoms with Gasteiger partial charge in [0, 0.05) is 18.9 Å². The monoisotopic (exact) mass is 259 g/mol. The van der Waals surface area contributed by atoms with Crippen molar-refractivity contribution in [2.75, 3.05) is 6.61 Å². The highest BCUT2D eigenvalue weighted by Gasteiger charge is 2.19. The Bertz CT molecular complexity index is 485. The molecule has 0 bridgehead atoms. The van der Waals surface area contributed by atoms with Crippen LogP contribution in [-0.4, -0.2) is 24.5 Å². The lowest BCUT2D eigenvalue weighted by molar-refractivity contribution is -0.147. The number of esters is 1. The number of carbonyl (C=O) groups is 2. The Morgan fingerprint density at radius 1 is 1.32 bits per heavy atom. The van der Waals surface area contributed by atoms with Crippen LogP contribution in [0.15, 0.2) is 30.3 Å². The zero-order valence-electron chi connectivity index (χ0n) is 11.1. The Morgan fingerprint density at radius 3 is 2.58 bits per heavy atom. The number of nitrogens with one attached hydrogen (secondary N) is 1. The third kappa shape index (κ3) is 5.73. The molecule has 1 amide bonds. The van der Waals surface area contributed by atoms with E-state index in [1.165, 1.54) is 6.92 Å². The van der Waals surface area contributed by atoms with E-state index in [9.17, 15) is 9.59 Å². The first-order valence-corrected chi connectivity index (χ1v) is 6.11. The van der Waals surface area contributed by atoms with E-state index < -0.39 is 12.0 Å². The standard InChI is InChI=1S/C15H17NO3/c1-3-19-15(18)14(16-12(2)17)11-7-10-13-8-5-4-6-9-13/h4-6,8-9,14H,3,11H2,1-2H3,(H,16,17)/t14-/m1/s1. The molecule has 0 aromatic heterocycles. The van der Waals surface area contributed by atoms with Crippen molar-refractivity contribution in [3.8, 4) is 11.8 Å². The average Bonchev–Trinajstić information content (AvgIpc) is 2.38. The van der Waals surface area contributed by atoms with Crippen LogP contribution in [0.2, 0.25) is 0 Å². The van der Waals surface area contributed by atoms with Gasteiger partial charge in [0.1, 0.15) is 6.04 Å². The van der Waals surface area contributed by atoms with E-state index in [1.54, 1.807) is 6.92 Å². The van der Waals surface area contributed by atoms with Gasteiger partial charge in [-0.3, -0.25) is 4.79 Å². The van der Waals surface area contributed by atoms with Crippen LogP contribution in [0.3, 0.4) is 0 Å². The molecule has 0 unspecified atom stereocenters. The van der Waals surface area contributed by atoms with Crippen molar-refractivity contribution < 1.29 is 14.3 Å². The number of carbonyl (C=O) groups excluding carboxylic acids is 2. The molecule has 4 heteroatoms. The summed E-state index contributed by atoms with van der Waals surface area (Å²) in [6, 6.07) is 8.73. The summed E-state index contributed by atoms with van der Waals surface area (Å²) in [4.78, 5) is 22.6. The second kappa shape index (κ2) is 7.93. The van der Waals surface area contributed by atoms with E-state index in [2.05, 4.69) is 17.2 Å². The quantitative estimate of drug-likeness (QED) is 0.658. The fraction of sp³-hybridized carbons (Fsp3) is 0.333. The zero-order valence-corrected chi connectivity index (χ0v) is 11.1. The number of ether oxygens (including phenoxy) is 1. The molecule has 0 aliphatic heterocycles. The van der Waals surface area contributed by atoms with Crippen LogP contribution in [0.25, 0.3) is 0 Å². The van der Waals surface area contributed by atoms with E-state index in [4.69, 9.17) is 4.74 Å². The van der Waals surface area contributed by atoms with Crippen molar-refractivity contribution in [3.63, 3.8) is 0 Å². The third-order valence-corrected chi connectivity index (χ3v) is 2.26. The summed E-state index contributed by atoms with van der Waals surface area (Å²) in [5.41, 5.74) is 0.868. The first-order chi connectivity index (χ1) is 9.13. The highest BCUT2D eigenvalue weighted by molar-refractivity contribution is 5.83. The number of benzene rings is 1. The molecule has 0 saturated heterocycles. The van der Waals surface area contributed by atoms with Gasteiger partial charge in [0.2, 0.25) is 5.91 Å². The summed E-state index contributed by atoms with van der Waals surface area (Å²) in [6.45, 7) is 3.36. The van der Waals surface area contributed by atoms with Crippen molar-refractivity contribution in [2.24, 2.45) is 0 Å². The van der Waals surface area contributed by atoms with Crippen LogP contribution >= 0.6 is 0 Å². The predicted octanol–water partition coefficient (Wildman–Crippen LogP) is 1.50. The summed E-state index contributed by atoms with van der Waals surface area (Å²) in [5.74, 6) is 5.08. The maximum absolute atomic E-state index is 11.6. The minimum absolute atomic E-state index is 0.229. The second-order valence-electron chi connectivity index (χ2n) is 3.88. The zero-order chi connectivity index (χ0) is 14.1. The largest absolute Gasteiger partial charge is 0.464 e. The van der Waals surface area contributed by atoms with Gasteiger partial charge in [-0.2, -0.15) is 0 Å². The number of hydrogen-bond donors (Lipinski definition) is 1. The minimum Gasteiger partial charge on any atom is -0.464 e. The van der Waals surface area contributed by atoms with Crippen LogP contribution in [0.4, 0.5) is 0 Å². The molecule has 100 valence electrons. The molecule has 0 fully saturated rings. The molecule has 0 aliphatic carbocycles. The molecule has 4 nitrogen and oxygen atoms in total. The fourth-order valence-electron chi connectivity index (χ4n) is 1.46. The van der Waals surface area contributed by atoms with E-state index >= 15 is 0 Å². The first kappa shape index (κ1) is 14.8. The van der Waals surface area contributed by atoms with Crippen molar-refractivity contribution in [3.05, 3.63) is 35.9 Å². The summed E-state index contributed by atoms with van der Waals surface area (Å²) in [5, 5.41) is 2.53.